The number of nitrogens with zero attached hydrogens (tertiary/aromatic N) is 2. The van der Waals surface area contributed by atoms with Gasteiger partial charge in [0.15, 0.2) is 10.2 Å². The molecule has 0 bridgehead atoms. The van der Waals surface area contributed by atoms with Gasteiger partial charge in [-0.15, -0.1) is 0 Å². The Balaban J connectivity index is 3.43. The number of aromatic nitrogens is 1. The third-order valence-electron chi connectivity index (χ3n) is 1.09. The van der Waals surface area contributed by atoms with Crippen molar-refractivity contribution in [3.8, 4) is 0 Å². The summed E-state index contributed by atoms with van der Waals surface area (Å²) in [6.07, 6.45) is 1.08. The van der Waals surface area contributed by atoms with E-state index in [2.05, 4.69) is 4.98 Å². The maximum absolute atomic E-state index is 10.3. The monoisotopic (exact) mass is 226 g/mol. The van der Waals surface area contributed by atoms with Crippen molar-refractivity contribution in [3.63, 3.8) is 0 Å². The lowest BCUT2D eigenvalue weighted by Gasteiger charge is -1.97. The van der Waals surface area contributed by atoms with Crippen molar-refractivity contribution in [1.29, 1.82) is 0 Å². The largest absolute Gasteiger partial charge is 0.311 e. The molecule has 1 aromatic rings. The van der Waals surface area contributed by atoms with Gasteiger partial charge in [0.2, 0.25) is 0 Å². The first-order valence-corrected chi connectivity index (χ1v) is 3.81. The van der Waals surface area contributed by atoms with Gasteiger partial charge in [0.25, 0.3) is 0 Å². The van der Waals surface area contributed by atoms with Crippen LogP contribution < -0.4 is 0 Å². The fraction of sp³-hybridized carbons (Fsp3) is 0. The normalized spacial score (nSPS) is 9.92. The van der Waals surface area contributed by atoms with Gasteiger partial charge in [0.1, 0.15) is 5.02 Å². The minimum absolute atomic E-state index is 0.130. The molecule has 4 nitrogen and oxygen atoms in total. The predicted molar refractivity (Wildman–Crippen MR) is 45.9 cm³/mol. The first-order valence-electron chi connectivity index (χ1n) is 2.68. The molecule has 1 aromatic heterocycles. The van der Waals surface area contributed by atoms with Crippen LogP contribution in [0.25, 0.3) is 0 Å². The fourth-order valence-corrected chi connectivity index (χ4v) is 1.22. The second-order valence-corrected chi connectivity index (χ2v) is 2.96. The van der Waals surface area contributed by atoms with E-state index in [0.717, 1.165) is 6.20 Å². The minimum Gasteiger partial charge on any atom is -0.258 e. The maximum atomic E-state index is 10.3. The SMILES string of the molecule is O=[N+]([O-])c1c(Cl)cnc(Cl)c1Cl. The van der Waals surface area contributed by atoms with E-state index in [1.807, 2.05) is 0 Å². The molecule has 1 heterocycles. The number of rotatable bonds is 1. The van der Waals surface area contributed by atoms with Crippen molar-refractivity contribution in [2.45, 2.75) is 0 Å². The zero-order chi connectivity index (χ0) is 9.30. The van der Waals surface area contributed by atoms with E-state index in [0.29, 0.717) is 0 Å². The Morgan fingerprint density at radius 1 is 1.42 bits per heavy atom. The summed E-state index contributed by atoms with van der Waals surface area (Å²) in [6, 6.07) is 0. The second-order valence-electron chi connectivity index (χ2n) is 1.82. The van der Waals surface area contributed by atoms with Gasteiger partial charge in [0, 0.05) is 0 Å². The Labute approximate surface area is 82.2 Å². The molecule has 0 fully saturated rings. The average Bonchev–Trinajstić information content (AvgIpc) is 1.97. The quantitative estimate of drug-likeness (QED) is 0.421. The molecule has 64 valence electrons. The zero-order valence-corrected chi connectivity index (χ0v) is 7.69. The van der Waals surface area contributed by atoms with Crippen LogP contribution >= 0.6 is 34.8 Å². The Morgan fingerprint density at radius 2 is 2.00 bits per heavy atom. The van der Waals surface area contributed by atoms with E-state index in [9.17, 15) is 10.1 Å². The van der Waals surface area contributed by atoms with Crippen molar-refractivity contribution in [3.05, 3.63) is 31.5 Å². The Hall–Kier alpha value is -0.580. The molecule has 0 N–H and O–H groups in total. The smallest absolute Gasteiger partial charge is 0.258 e. The molecule has 12 heavy (non-hydrogen) atoms. The summed E-state index contributed by atoms with van der Waals surface area (Å²) in [5, 5.41) is 9.84. The van der Waals surface area contributed by atoms with Gasteiger partial charge in [-0.1, -0.05) is 34.8 Å². The predicted octanol–water partition coefficient (Wildman–Crippen LogP) is 2.95. The van der Waals surface area contributed by atoms with Gasteiger partial charge in [-0.2, -0.15) is 0 Å². The summed E-state index contributed by atoms with van der Waals surface area (Å²) in [4.78, 5) is 13.2. The van der Waals surface area contributed by atoms with Crippen LogP contribution in [0.3, 0.4) is 0 Å². The van der Waals surface area contributed by atoms with Crippen molar-refractivity contribution < 1.29 is 4.92 Å². The third kappa shape index (κ3) is 1.60. The van der Waals surface area contributed by atoms with Crippen molar-refractivity contribution in [2.75, 3.05) is 0 Å². The lowest BCUT2D eigenvalue weighted by Crippen LogP contribution is -1.92. The van der Waals surface area contributed by atoms with Crippen molar-refractivity contribution >= 4 is 40.5 Å². The van der Waals surface area contributed by atoms with Gasteiger partial charge in [-0.05, 0) is 0 Å². The van der Waals surface area contributed by atoms with E-state index >= 15 is 0 Å². The van der Waals surface area contributed by atoms with Crippen LogP contribution in [-0.2, 0) is 0 Å². The summed E-state index contributed by atoms with van der Waals surface area (Å²) in [6.45, 7) is 0. The summed E-state index contributed by atoms with van der Waals surface area (Å²) in [5.41, 5.74) is -0.418. The topological polar surface area (TPSA) is 56.0 Å². The Morgan fingerprint density at radius 3 is 2.42 bits per heavy atom. The van der Waals surface area contributed by atoms with E-state index in [4.69, 9.17) is 34.8 Å². The second kappa shape index (κ2) is 3.43. The first kappa shape index (κ1) is 9.51. The molecule has 0 saturated carbocycles. The summed E-state index contributed by atoms with van der Waals surface area (Å²) < 4.78 is 0. The van der Waals surface area contributed by atoms with E-state index in [1.165, 1.54) is 0 Å². The molecule has 1 rings (SSSR count). The summed E-state index contributed by atoms with van der Waals surface area (Å²) in [5.74, 6) is 0. The lowest BCUT2D eigenvalue weighted by molar-refractivity contribution is -0.384. The number of halogens is 3. The highest BCUT2D eigenvalue weighted by molar-refractivity contribution is 6.44. The van der Waals surface area contributed by atoms with Crippen LogP contribution in [0.15, 0.2) is 6.20 Å². The highest BCUT2D eigenvalue weighted by Crippen LogP contribution is 2.35. The van der Waals surface area contributed by atoms with E-state index < -0.39 is 10.6 Å². The molecule has 0 amide bonds. The Kier molecular flexibility index (Phi) is 2.72. The highest BCUT2D eigenvalue weighted by Gasteiger charge is 2.20. The van der Waals surface area contributed by atoms with Crippen LogP contribution in [0.5, 0.6) is 0 Å². The van der Waals surface area contributed by atoms with Gasteiger partial charge in [-0.25, -0.2) is 4.98 Å². The standard InChI is InChI=1S/C5HCl3N2O2/c6-2-1-9-5(8)3(7)4(2)10(11)12/h1H. The molecule has 0 aliphatic carbocycles. The summed E-state index contributed by atoms with van der Waals surface area (Å²) >= 11 is 16.3. The molecule has 0 aromatic carbocycles. The number of hydrogen-bond donors (Lipinski definition) is 0. The van der Waals surface area contributed by atoms with E-state index in [-0.39, 0.29) is 15.2 Å². The molecular formula is C5HCl3N2O2. The van der Waals surface area contributed by atoms with Gasteiger partial charge in [0.05, 0.1) is 11.1 Å². The minimum atomic E-state index is -0.710. The maximum Gasteiger partial charge on any atom is 0.311 e. The van der Waals surface area contributed by atoms with Crippen LogP contribution in [0, 0.1) is 10.1 Å². The summed E-state index contributed by atoms with van der Waals surface area (Å²) in [7, 11) is 0. The first-order chi connectivity index (χ1) is 5.54. The molecule has 0 saturated heterocycles. The van der Waals surface area contributed by atoms with Crippen molar-refractivity contribution in [1.82, 2.24) is 4.98 Å². The number of pyridine rings is 1. The van der Waals surface area contributed by atoms with Crippen LogP contribution in [0.2, 0.25) is 15.2 Å². The van der Waals surface area contributed by atoms with Crippen molar-refractivity contribution in [2.24, 2.45) is 0 Å². The van der Waals surface area contributed by atoms with Crippen LogP contribution in [0.4, 0.5) is 5.69 Å². The average molecular weight is 227 g/mol. The van der Waals surface area contributed by atoms with Crippen LogP contribution in [0.1, 0.15) is 0 Å². The fourth-order valence-electron chi connectivity index (χ4n) is 0.601. The molecule has 0 aliphatic heterocycles. The third-order valence-corrected chi connectivity index (χ3v) is 2.11. The molecule has 7 heteroatoms. The lowest BCUT2D eigenvalue weighted by atomic mass is 10.4. The Bertz CT molecular complexity index is 342. The van der Waals surface area contributed by atoms with Gasteiger partial charge < -0.3 is 0 Å². The molecular weight excluding hydrogens is 226 g/mol. The van der Waals surface area contributed by atoms with Crippen LogP contribution in [-0.4, -0.2) is 9.91 Å². The molecule has 0 radical (unpaired) electrons. The zero-order valence-electron chi connectivity index (χ0n) is 5.42. The highest BCUT2D eigenvalue weighted by atomic mass is 35.5. The molecule has 0 atom stereocenters. The number of nitro groups is 1. The molecule has 0 spiro atoms. The van der Waals surface area contributed by atoms with Gasteiger partial charge in [-0.3, -0.25) is 10.1 Å². The number of hydrogen-bond acceptors (Lipinski definition) is 3. The molecule has 0 aliphatic rings. The van der Waals surface area contributed by atoms with Gasteiger partial charge >= 0.3 is 5.69 Å². The van der Waals surface area contributed by atoms with E-state index in [1.54, 1.807) is 0 Å². The molecule has 0 unspecified atom stereocenters.